The first-order valence-electron chi connectivity index (χ1n) is 4.35. The molecule has 0 bridgehead atoms. The first-order chi connectivity index (χ1) is 5.47. The van der Waals surface area contributed by atoms with Crippen LogP contribution in [0, 0.1) is 5.92 Å². The molecule has 1 heterocycles. The summed E-state index contributed by atoms with van der Waals surface area (Å²) in [5.74, 6) is 1.70. The van der Waals surface area contributed by atoms with E-state index >= 15 is 0 Å². The monoisotopic (exact) mass is 165 g/mol. The van der Waals surface area contributed by atoms with Crippen molar-refractivity contribution in [2.45, 2.75) is 32.1 Å². The van der Waals surface area contributed by atoms with Gasteiger partial charge in [-0.3, -0.25) is 0 Å². The van der Waals surface area contributed by atoms with Crippen LogP contribution in [0.15, 0.2) is 17.5 Å². The second kappa shape index (κ2) is 3.40. The third kappa shape index (κ3) is 1.64. The number of thiophene rings is 1. The van der Waals surface area contributed by atoms with Gasteiger partial charge >= 0.3 is 0 Å². The average molecular weight is 165 g/mol. The van der Waals surface area contributed by atoms with Crippen molar-refractivity contribution in [2.75, 3.05) is 0 Å². The zero-order valence-electron chi connectivity index (χ0n) is 6.68. The van der Waals surface area contributed by atoms with Gasteiger partial charge in [0.2, 0.25) is 0 Å². The molecule has 1 fully saturated rings. The van der Waals surface area contributed by atoms with E-state index in [0.29, 0.717) is 0 Å². The molecule has 0 spiro atoms. The van der Waals surface area contributed by atoms with Crippen LogP contribution in [0.2, 0.25) is 0 Å². The number of rotatable bonds is 1. The molecule has 0 nitrogen and oxygen atoms in total. The van der Waals surface area contributed by atoms with Crippen molar-refractivity contribution >= 4 is 11.3 Å². The highest BCUT2D eigenvalue weighted by Crippen LogP contribution is 2.33. The average Bonchev–Trinajstić information content (AvgIpc) is 2.58. The maximum atomic E-state index is 2.26. The highest BCUT2D eigenvalue weighted by atomic mass is 32.1. The summed E-state index contributed by atoms with van der Waals surface area (Å²) in [5.41, 5.74) is 0. The predicted molar refractivity (Wildman–Crippen MR) is 49.7 cm³/mol. The van der Waals surface area contributed by atoms with Crippen molar-refractivity contribution in [3.63, 3.8) is 0 Å². The fourth-order valence-corrected chi connectivity index (χ4v) is 2.54. The van der Waals surface area contributed by atoms with Gasteiger partial charge in [0, 0.05) is 10.8 Å². The smallest absolute Gasteiger partial charge is 0.0152 e. The van der Waals surface area contributed by atoms with Crippen LogP contribution < -0.4 is 0 Å². The molecule has 1 aliphatic carbocycles. The second-order valence-corrected chi connectivity index (χ2v) is 4.09. The molecule has 11 heavy (non-hydrogen) atoms. The summed E-state index contributed by atoms with van der Waals surface area (Å²) in [6.45, 7) is 0. The maximum absolute atomic E-state index is 2.26. The molecule has 59 valence electrons. The van der Waals surface area contributed by atoms with Crippen molar-refractivity contribution in [2.24, 2.45) is 0 Å². The first-order valence-corrected chi connectivity index (χ1v) is 5.23. The lowest BCUT2D eigenvalue weighted by Gasteiger charge is -2.19. The van der Waals surface area contributed by atoms with E-state index in [1.807, 2.05) is 11.3 Å². The normalized spacial score (nSPS) is 20.4. The molecule has 1 heteroatoms. The second-order valence-electron chi connectivity index (χ2n) is 3.14. The molecule has 1 saturated carbocycles. The fraction of sp³-hybridized carbons (Fsp3) is 0.500. The van der Waals surface area contributed by atoms with Crippen LogP contribution >= 0.6 is 11.3 Å². The minimum Gasteiger partial charge on any atom is -0.148 e. The van der Waals surface area contributed by atoms with Crippen LogP contribution in [-0.2, 0) is 0 Å². The van der Waals surface area contributed by atoms with Crippen LogP contribution in [0.3, 0.4) is 0 Å². The molecule has 1 aliphatic rings. The van der Waals surface area contributed by atoms with E-state index in [1.54, 1.807) is 5.92 Å². The largest absolute Gasteiger partial charge is 0.148 e. The standard InChI is InChI=1S/C10H13S/c1-2-5-9(6-3-1)10-7-4-8-11-10/h4,7-8H,1-3,5-6H2. The molecule has 0 atom stereocenters. The molecule has 1 aromatic heterocycles. The quantitative estimate of drug-likeness (QED) is 0.596. The Bertz CT molecular complexity index is 195. The zero-order valence-corrected chi connectivity index (χ0v) is 7.49. The van der Waals surface area contributed by atoms with Gasteiger partial charge in [-0.15, -0.1) is 11.3 Å². The van der Waals surface area contributed by atoms with Crippen LogP contribution in [-0.4, -0.2) is 0 Å². The molecule has 0 aliphatic heterocycles. The highest BCUT2D eigenvalue weighted by molar-refractivity contribution is 7.10. The predicted octanol–water partition coefficient (Wildman–Crippen LogP) is 3.63. The molecule has 1 aromatic rings. The van der Waals surface area contributed by atoms with E-state index in [-0.39, 0.29) is 0 Å². The van der Waals surface area contributed by atoms with Crippen molar-refractivity contribution < 1.29 is 0 Å². The minimum absolute atomic E-state index is 1.35. The minimum atomic E-state index is 1.35. The van der Waals surface area contributed by atoms with E-state index in [4.69, 9.17) is 0 Å². The van der Waals surface area contributed by atoms with E-state index < -0.39 is 0 Å². The number of hydrogen-bond acceptors (Lipinski definition) is 1. The summed E-state index contributed by atoms with van der Waals surface area (Å²) in [7, 11) is 0. The van der Waals surface area contributed by atoms with Crippen LogP contribution in [0.4, 0.5) is 0 Å². The van der Waals surface area contributed by atoms with Gasteiger partial charge < -0.3 is 0 Å². The van der Waals surface area contributed by atoms with Crippen molar-refractivity contribution in [1.29, 1.82) is 0 Å². The van der Waals surface area contributed by atoms with Gasteiger partial charge in [0.1, 0.15) is 0 Å². The Morgan fingerprint density at radius 1 is 1.09 bits per heavy atom. The summed E-state index contributed by atoms with van der Waals surface area (Å²) < 4.78 is 0. The molecule has 1 radical (unpaired) electrons. The van der Waals surface area contributed by atoms with Gasteiger partial charge in [0.05, 0.1) is 0 Å². The summed E-state index contributed by atoms with van der Waals surface area (Å²) in [6.07, 6.45) is 6.95. The third-order valence-corrected chi connectivity index (χ3v) is 3.30. The molecule has 2 rings (SSSR count). The summed E-state index contributed by atoms with van der Waals surface area (Å²) in [5, 5.41) is 2.18. The Labute approximate surface area is 72.3 Å². The Morgan fingerprint density at radius 3 is 2.55 bits per heavy atom. The maximum Gasteiger partial charge on any atom is 0.0152 e. The van der Waals surface area contributed by atoms with Crippen molar-refractivity contribution in [3.05, 3.63) is 28.3 Å². The van der Waals surface area contributed by atoms with Crippen molar-refractivity contribution in [1.82, 2.24) is 0 Å². The van der Waals surface area contributed by atoms with Crippen LogP contribution in [0.25, 0.3) is 0 Å². The van der Waals surface area contributed by atoms with E-state index in [2.05, 4.69) is 17.5 Å². The van der Waals surface area contributed by atoms with Crippen LogP contribution in [0.5, 0.6) is 0 Å². The number of hydrogen-bond donors (Lipinski definition) is 0. The lowest BCUT2D eigenvalue weighted by Crippen LogP contribution is -2.02. The fourth-order valence-electron chi connectivity index (χ4n) is 1.70. The molecular formula is C10H13S. The van der Waals surface area contributed by atoms with Gasteiger partial charge in [-0.2, -0.15) is 0 Å². The molecule has 0 aromatic carbocycles. The van der Waals surface area contributed by atoms with Gasteiger partial charge in [-0.25, -0.2) is 0 Å². The molecule has 0 N–H and O–H groups in total. The Hall–Kier alpha value is -0.300. The van der Waals surface area contributed by atoms with Gasteiger partial charge in [0.15, 0.2) is 0 Å². The summed E-state index contributed by atoms with van der Waals surface area (Å²) >= 11 is 1.89. The van der Waals surface area contributed by atoms with Gasteiger partial charge in [-0.1, -0.05) is 25.3 Å². The molecule has 0 unspecified atom stereocenters. The van der Waals surface area contributed by atoms with Gasteiger partial charge in [-0.05, 0) is 24.3 Å². The Morgan fingerprint density at radius 2 is 1.91 bits per heavy atom. The Balaban J connectivity index is 2.04. The van der Waals surface area contributed by atoms with Crippen molar-refractivity contribution in [3.8, 4) is 0 Å². The molecular weight excluding hydrogens is 152 g/mol. The molecule has 0 saturated heterocycles. The summed E-state index contributed by atoms with van der Waals surface area (Å²) in [4.78, 5) is 1.53. The topological polar surface area (TPSA) is 0 Å². The summed E-state index contributed by atoms with van der Waals surface area (Å²) in [6, 6.07) is 4.41. The van der Waals surface area contributed by atoms with E-state index in [0.717, 1.165) is 0 Å². The Kier molecular flexibility index (Phi) is 2.27. The van der Waals surface area contributed by atoms with Crippen LogP contribution in [0.1, 0.15) is 37.0 Å². The molecule has 0 amide bonds. The highest BCUT2D eigenvalue weighted by Gasteiger charge is 2.16. The zero-order chi connectivity index (χ0) is 7.52. The van der Waals surface area contributed by atoms with E-state index in [9.17, 15) is 0 Å². The first kappa shape index (κ1) is 7.35. The SMILES string of the molecule is c1csc([C]2CCCCC2)c1. The lowest BCUT2D eigenvalue weighted by atomic mass is 9.88. The van der Waals surface area contributed by atoms with Gasteiger partial charge in [0.25, 0.3) is 0 Å². The third-order valence-electron chi connectivity index (χ3n) is 2.33. The lowest BCUT2D eigenvalue weighted by molar-refractivity contribution is 0.554. The van der Waals surface area contributed by atoms with E-state index in [1.165, 1.54) is 37.0 Å².